The molecular formula is C21H29ClFN3O2. The smallest absolute Gasteiger partial charge is 0.251 e. The Morgan fingerprint density at radius 3 is 2.50 bits per heavy atom. The van der Waals surface area contributed by atoms with E-state index in [0.717, 1.165) is 25.9 Å². The number of halogens is 2. The highest BCUT2D eigenvalue weighted by Gasteiger charge is 2.52. The molecule has 1 saturated carbocycles. The van der Waals surface area contributed by atoms with Gasteiger partial charge in [-0.05, 0) is 63.1 Å². The van der Waals surface area contributed by atoms with E-state index in [4.69, 9.17) is 11.6 Å². The minimum Gasteiger partial charge on any atom is -0.352 e. The first-order chi connectivity index (χ1) is 13.0. The molecule has 7 heteroatoms. The molecule has 0 bridgehead atoms. The molecule has 1 aromatic rings. The Kier molecular flexibility index (Phi) is 5.74. The first-order valence-electron chi connectivity index (χ1n) is 9.71. The highest BCUT2D eigenvalue weighted by molar-refractivity contribution is 6.31. The fourth-order valence-electron chi connectivity index (χ4n) is 4.28. The number of nitrogens with zero attached hydrogens (tertiary/aromatic N) is 2. The van der Waals surface area contributed by atoms with Crippen LogP contribution >= 0.6 is 11.6 Å². The summed E-state index contributed by atoms with van der Waals surface area (Å²) in [5.41, 5.74) is 0.388. The van der Waals surface area contributed by atoms with Gasteiger partial charge in [0.15, 0.2) is 0 Å². The van der Waals surface area contributed by atoms with Crippen molar-refractivity contribution in [3.63, 3.8) is 0 Å². The van der Waals surface area contributed by atoms with E-state index in [2.05, 4.69) is 10.2 Å². The molecule has 1 saturated heterocycles. The highest BCUT2D eigenvalue weighted by atomic mass is 35.5. The second-order valence-electron chi connectivity index (χ2n) is 9.41. The van der Waals surface area contributed by atoms with E-state index in [1.807, 2.05) is 27.8 Å². The molecule has 2 aliphatic rings. The second-order valence-corrected chi connectivity index (χ2v) is 9.85. The second kappa shape index (κ2) is 7.64. The number of likely N-dealkylation sites (N-methyl/N-ethyl adjacent to an activating group) is 1. The topological polar surface area (TPSA) is 52.7 Å². The minimum absolute atomic E-state index is 0.152. The van der Waals surface area contributed by atoms with Crippen molar-refractivity contribution in [2.24, 2.45) is 11.3 Å². The standard InChI is InChI=1S/C21H29ClFN3O2/c1-20(2,3)25(4)18(27)11-26-12-21(13-26)8-14(9-21)10-24-19(28)15-5-16(22)7-17(23)6-15/h5-7,14H,8-13H2,1-4H3,(H,24,28). The maximum Gasteiger partial charge on any atom is 0.251 e. The molecular weight excluding hydrogens is 381 g/mol. The molecule has 0 radical (unpaired) electrons. The van der Waals surface area contributed by atoms with Crippen molar-refractivity contribution in [1.29, 1.82) is 0 Å². The average molecular weight is 410 g/mol. The number of hydrogen-bond donors (Lipinski definition) is 1. The van der Waals surface area contributed by atoms with Crippen molar-refractivity contribution >= 4 is 23.4 Å². The first-order valence-corrected chi connectivity index (χ1v) is 10.1. The molecule has 1 spiro atoms. The van der Waals surface area contributed by atoms with Gasteiger partial charge in [-0.15, -0.1) is 0 Å². The summed E-state index contributed by atoms with van der Waals surface area (Å²) in [7, 11) is 1.85. The van der Waals surface area contributed by atoms with Gasteiger partial charge in [-0.1, -0.05) is 11.6 Å². The van der Waals surface area contributed by atoms with Crippen molar-refractivity contribution in [2.75, 3.05) is 33.2 Å². The Bertz CT molecular complexity index is 743. The Hall–Kier alpha value is -1.66. The van der Waals surface area contributed by atoms with E-state index in [9.17, 15) is 14.0 Å². The lowest BCUT2D eigenvalue weighted by Gasteiger charge is -2.59. The Balaban J connectivity index is 1.38. The number of carbonyl (C=O) groups is 2. The SMILES string of the molecule is CN(C(=O)CN1CC2(CC(CNC(=O)c3cc(F)cc(Cl)c3)C2)C1)C(C)(C)C. The normalized spacial score (nSPS) is 19.1. The van der Waals surface area contributed by atoms with E-state index in [1.165, 1.54) is 18.2 Å². The highest BCUT2D eigenvalue weighted by Crippen LogP contribution is 2.51. The van der Waals surface area contributed by atoms with Crippen LogP contribution in [-0.4, -0.2) is 60.4 Å². The maximum atomic E-state index is 13.4. The van der Waals surface area contributed by atoms with Gasteiger partial charge in [-0.3, -0.25) is 14.5 Å². The van der Waals surface area contributed by atoms with Gasteiger partial charge in [0.2, 0.25) is 5.91 Å². The van der Waals surface area contributed by atoms with Crippen LogP contribution in [0.5, 0.6) is 0 Å². The Labute approximate surface area is 171 Å². The van der Waals surface area contributed by atoms with Gasteiger partial charge in [0.1, 0.15) is 5.82 Å². The van der Waals surface area contributed by atoms with Crippen LogP contribution < -0.4 is 5.32 Å². The van der Waals surface area contributed by atoms with Crippen LogP contribution in [0.1, 0.15) is 44.0 Å². The van der Waals surface area contributed by atoms with Crippen LogP contribution in [0.15, 0.2) is 18.2 Å². The van der Waals surface area contributed by atoms with Gasteiger partial charge in [0, 0.05) is 42.8 Å². The Morgan fingerprint density at radius 2 is 1.93 bits per heavy atom. The van der Waals surface area contributed by atoms with Crippen LogP contribution in [0.4, 0.5) is 4.39 Å². The summed E-state index contributed by atoms with van der Waals surface area (Å²) in [4.78, 5) is 28.5. The number of carbonyl (C=O) groups excluding carboxylic acids is 2. The molecule has 0 atom stereocenters. The quantitative estimate of drug-likeness (QED) is 0.812. The summed E-state index contributed by atoms with van der Waals surface area (Å²) in [6.45, 7) is 9.04. The molecule has 154 valence electrons. The zero-order valence-electron chi connectivity index (χ0n) is 17.0. The predicted molar refractivity (Wildman–Crippen MR) is 108 cm³/mol. The van der Waals surface area contributed by atoms with E-state index in [0.29, 0.717) is 24.4 Å². The summed E-state index contributed by atoms with van der Waals surface area (Å²) >= 11 is 5.80. The molecule has 1 aliphatic carbocycles. The fourth-order valence-corrected chi connectivity index (χ4v) is 4.50. The number of amides is 2. The van der Waals surface area contributed by atoms with Gasteiger partial charge < -0.3 is 10.2 Å². The summed E-state index contributed by atoms with van der Waals surface area (Å²) in [6, 6.07) is 3.84. The van der Waals surface area contributed by atoms with Gasteiger partial charge in [0.25, 0.3) is 5.91 Å². The number of hydrogen-bond acceptors (Lipinski definition) is 3. The van der Waals surface area contributed by atoms with Gasteiger partial charge in [-0.2, -0.15) is 0 Å². The van der Waals surface area contributed by atoms with E-state index < -0.39 is 5.82 Å². The predicted octanol–water partition coefficient (Wildman–Crippen LogP) is 3.18. The molecule has 2 fully saturated rings. The molecule has 1 aliphatic heterocycles. The van der Waals surface area contributed by atoms with E-state index >= 15 is 0 Å². The molecule has 1 aromatic carbocycles. The molecule has 0 unspecified atom stereocenters. The summed E-state index contributed by atoms with van der Waals surface area (Å²) < 4.78 is 13.4. The molecule has 28 heavy (non-hydrogen) atoms. The molecule has 3 rings (SSSR count). The van der Waals surface area contributed by atoms with Crippen molar-refractivity contribution in [3.05, 3.63) is 34.6 Å². The maximum absolute atomic E-state index is 13.4. The lowest BCUT2D eigenvalue weighted by atomic mass is 9.57. The minimum atomic E-state index is -0.513. The number of benzene rings is 1. The molecule has 1 N–H and O–H groups in total. The van der Waals surface area contributed by atoms with Crippen LogP contribution in [-0.2, 0) is 4.79 Å². The van der Waals surface area contributed by atoms with Crippen molar-refractivity contribution < 1.29 is 14.0 Å². The Morgan fingerprint density at radius 1 is 1.29 bits per heavy atom. The molecule has 0 aromatic heterocycles. The van der Waals surface area contributed by atoms with Gasteiger partial charge >= 0.3 is 0 Å². The lowest BCUT2D eigenvalue weighted by molar-refractivity contribution is -0.144. The monoisotopic (exact) mass is 409 g/mol. The summed E-state index contributed by atoms with van der Waals surface area (Å²) in [5.74, 6) is -0.225. The molecule has 1 heterocycles. The van der Waals surface area contributed by atoms with Gasteiger partial charge in [0.05, 0.1) is 6.54 Å². The number of likely N-dealkylation sites (tertiary alicyclic amines) is 1. The molecule has 5 nitrogen and oxygen atoms in total. The van der Waals surface area contributed by atoms with Crippen LogP contribution in [0.3, 0.4) is 0 Å². The number of nitrogens with one attached hydrogen (secondary N) is 1. The number of rotatable bonds is 5. The van der Waals surface area contributed by atoms with Crippen LogP contribution in [0, 0.1) is 17.2 Å². The third-order valence-corrected chi connectivity index (χ3v) is 6.19. The largest absolute Gasteiger partial charge is 0.352 e. The van der Waals surface area contributed by atoms with Crippen molar-refractivity contribution in [1.82, 2.24) is 15.1 Å². The van der Waals surface area contributed by atoms with Crippen LogP contribution in [0.2, 0.25) is 5.02 Å². The average Bonchev–Trinajstić information content (AvgIpc) is 2.51. The van der Waals surface area contributed by atoms with Crippen molar-refractivity contribution in [2.45, 2.75) is 39.2 Å². The van der Waals surface area contributed by atoms with Crippen molar-refractivity contribution in [3.8, 4) is 0 Å². The lowest BCUT2D eigenvalue weighted by Crippen LogP contribution is -2.65. The first kappa shape index (κ1) is 21.1. The zero-order chi connectivity index (χ0) is 20.7. The third kappa shape index (κ3) is 4.66. The zero-order valence-corrected chi connectivity index (χ0v) is 17.8. The van der Waals surface area contributed by atoms with E-state index in [1.54, 1.807) is 4.90 Å². The fraction of sp³-hybridized carbons (Fsp3) is 0.619. The summed E-state index contributed by atoms with van der Waals surface area (Å²) in [6.07, 6.45) is 2.11. The summed E-state index contributed by atoms with van der Waals surface area (Å²) in [5, 5.41) is 3.09. The van der Waals surface area contributed by atoms with Crippen LogP contribution in [0.25, 0.3) is 0 Å². The van der Waals surface area contributed by atoms with E-state index in [-0.39, 0.29) is 27.9 Å². The third-order valence-electron chi connectivity index (χ3n) is 5.98. The molecule has 2 amide bonds. The van der Waals surface area contributed by atoms with Gasteiger partial charge in [-0.25, -0.2) is 4.39 Å².